The summed E-state index contributed by atoms with van der Waals surface area (Å²) in [6.45, 7) is 3.40. The van der Waals surface area contributed by atoms with Crippen LogP contribution < -0.4 is 10.6 Å². The quantitative estimate of drug-likeness (QED) is 0.341. The molecule has 0 atom stereocenters. The van der Waals surface area contributed by atoms with Crippen molar-refractivity contribution < 1.29 is 12.8 Å². The number of aliphatic imine (C=N–C) groups is 1. The van der Waals surface area contributed by atoms with Crippen LogP contribution in [0.4, 0.5) is 4.39 Å². The van der Waals surface area contributed by atoms with Gasteiger partial charge in [-0.2, -0.15) is 0 Å². The Kier molecular flexibility index (Phi) is 7.61. The van der Waals surface area contributed by atoms with Crippen molar-refractivity contribution in [1.29, 1.82) is 0 Å². The Labute approximate surface area is 160 Å². The van der Waals surface area contributed by atoms with Crippen LogP contribution in [0.25, 0.3) is 10.9 Å². The molecule has 150 valence electrons. The largest absolute Gasteiger partial charge is 0.361 e. The average molecular weight is 398 g/mol. The van der Waals surface area contributed by atoms with Gasteiger partial charge in [0.25, 0.3) is 0 Å². The summed E-state index contributed by atoms with van der Waals surface area (Å²) in [6.07, 6.45) is 3.35. The number of hydrogen-bond acceptors (Lipinski definition) is 3. The van der Waals surface area contributed by atoms with Gasteiger partial charge in [-0.1, -0.05) is 0 Å². The molecule has 0 saturated heterocycles. The predicted octanol–water partition coefficient (Wildman–Crippen LogP) is 1.69. The number of aromatic nitrogens is 1. The Morgan fingerprint density at radius 3 is 2.74 bits per heavy atom. The summed E-state index contributed by atoms with van der Waals surface area (Å²) >= 11 is 0. The number of halogens is 1. The molecule has 0 aliphatic heterocycles. The molecule has 1 aromatic carbocycles. The number of nitrogens with zero attached hydrogens (tertiary/aromatic N) is 2. The molecule has 0 aliphatic carbocycles. The minimum absolute atomic E-state index is 0.112. The molecule has 0 spiro atoms. The number of benzene rings is 1. The van der Waals surface area contributed by atoms with Crippen LogP contribution >= 0.6 is 0 Å². The van der Waals surface area contributed by atoms with E-state index in [9.17, 15) is 12.8 Å². The summed E-state index contributed by atoms with van der Waals surface area (Å²) in [6, 6.07) is 4.73. The van der Waals surface area contributed by atoms with Crippen molar-refractivity contribution in [3.05, 3.63) is 35.8 Å². The predicted molar refractivity (Wildman–Crippen MR) is 108 cm³/mol. The topological polar surface area (TPSA) is 89.6 Å². The van der Waals surface area contributed by atoms with Gasteiger partial charge in [0.15, 0.2) is 5.96 Å². The summed E-state index contributed by atoms with van der Waals surface area (Å²) < 4.78 is 38.0. The van der Waals surface area contributed by atoms with Crippen LogP contribution in [0, 0.1) is 5.82 Å². The summed E-state index contributed by atoms with van der Waals surface area (Å²) in [5.41, 5.74) is 1.90. The van der Waals surface area contributed by atoms with Crippen molar-refractivity contribution in [2.24, 2.45) is 4.99 Å². The van der Waals surface area contributed by atoms with Gasteiger partial charge in [0.1, 0.15) is 5.82 Å². The van der Waals surface area contributed by atoms with E-state index in [1.807, 2.05) is 6.20 Å². The molecule has 2 aromatic rings. The van der Waals surface area contributed by atoms with Gasteiger partial charge in [0, 0.05) is 50.8 Å². The van der Waals surface area contributed by atoms with Crippen LogP contribution in [-0.4, -0.2) is 63.1 Å². The zero-order chi connectivity index (χ0) is 19.9. The monoisotopic (exact) mass is 397 g/mol. The Balaban J connectivity index is 1.74. The van der Waals surface area contributed by atoms with Crippen LogP contribution in [0.15, 0.2) is 29.4 Å². The Hall–Kier alpha value is -2.13. The summed E-state index contributed by atoms with van der Waals surface area (Å²) in [5.74, 6) is 0.526. The van der Waals surface area contributed by atoms with E-state index in [0.29, 0.717) is 32.0 Å². The Bertz CT molecular complexity index is 879. The second-order valence-electron chi connectivity index (χ2n) is 6.26. The number of fused-ring (bicyclic) bond motifs is 1. The van der Waals surface area contributed by atoms with E-state index < -0.39 is 10.0 Å². The third-order valence-corrected chi connectivity index (χ3v) is 6.28. The molecule has 9 heteroatoms. The Morgan fingerprint density at radius 1 is 1.30 bits per heavy atom. The molecule has 0 bridgehead atoms. The maximum Gasteiger partial charge on any atom is 0.213 e. The smallest absolute Gasteiger partial charge is 0.213 e. The molecule has 1 heterocycles. The van der Waals surface area contributed by atoms with E-state index in [1.165, 1.54) is 16.4 Å². The van der Waals surface area contributed by atoms with Crippen LogP contribution in [0.2, 0.25) is 0 Å². The van der Waals surface area contributed by atoms with E-state index in [-0.39, 0.29) is 11.6 Å². The van der Waals surface area contributed by atoms with Gasteiger partial charge >= 0.3 is 0 Å². The van der Waals surface area contributed by atoms with Gasteiger partial charge in [-0.3, -0.25) is 4.99 Å². The number of nitrogens with one attached hydrogen (secondary N) is 3. The molecule has 3 N–H and O–H groups in total. The minimum atomic E-state index is -3.13. The summed E-state index contributed by atoms with van der Waals surface area (Å²) in [4.78, 5) is 7.25. The number of aromatic amines is 1. The van der Waals surface area contributed by atoms with Crippen molar-refractivity contribution in [2.75, 3.05) is 39.5 Å². The van der Waals surface area contributed by atoms with Gasteiger partial charge in [0.2, 0.25) is 10.0 Å². The lowest BCUT2D eigenvalue weighted by Crippen LogP contribution is -2.39. The molecule has 7 nitrogen and oxygen atoms in total. The van der Waals surface area contributed by atoms with Crippen molar-refractivity contribution in [3.63, 3.8) is 0 Å². The van der Waals surface area contributed by atoms with Crippen LogP contribution in [-0.2, 0) is 16.4 Å². The van der Waals surface area contributed by atoms with E-state index >= 15 is 0 Å². The molecule has 0 amide bonds. The fourth-order valence-corrected chi connectivity index (χ4v) is 3.62. The highest BCUT2D eigenvalue weighted by atomic mass is 32.2. The van der Waals surface area contributed by atoms with E-state index in [4.69, 9.17) is 0 Å². The van der Waals surface area contributed by atoms with Crippen molar-refractivity contribution in [1.82, 2.24) is 19.9 Å². The first-order chi connectivity index (χ1) is 12.9. The third kappa shape index (κ3) is 5.93. The number of guanidine groups is 1. The molecule has 0 fully saturated rings. The maximum absolute atomic E-state index is 13.2. The molecular formula is C18H28FN5O2S. The highest BCUT2D eigenvalue weighted by Crippen LogP contribution is 2.19. The van der Waals surface area contributed by atoms with Crippen molar-refractivity contribution in [2.45, 2.75) is 19.8 Å². The Morgan fingerprint density at radius 2 is 2.04 bits per heavy atom. The molecule has 0 saturated carbocycles. The number of hydrogen-bond donors (Lipinski definition) is 3. The van der Waals surface area contributed by atoms with Gasteiger partial charge in [-0.25, -0.2) is 17.1 Å². The lowest BCUT2D eigenvalue weighted by atomic mass is 10.1. The zero-order valence-electron chi connectivity index (χ0n) is 16.0. The van der Waals surface area contributed by atoms with E-state index in [0.717, 1.165) is 22.9 Å². The minimum Gasteiger partial charge on any atom is -0.361 e. The van der Waals surface area contributed by atoms with Gasteiger partial charge in [-0.05, 0) is 43.5 Å². The first kappa shape index (κ1) is 21.2. The highest BCUT2D eigenvalue weighted by molar-refractivity contribution is 7.89. The van der Waals surface area contributed by atoms with E-state index in [2.05, 4.69) is 20.6 Å². The molecule has 0 unspecified atom stereocenters. The number of sulfonamides is 1. The second-order valence-corrected chi connectivity index (χ2v) is 8.62. The maximum atomic E-state index is 13.2. The molecule has 2 rings (SSSR count). The fraction of sp³-hybridized carbons (Fsp3) is 0.500. The fourth-order valence-electron chi connectivity index (χ4n) is 2.77. The average Bonchev–Trinajstić information content (AvgIpc) is 3.05. The first-order valence-electron chi connectivity index (χ1n) is 9.01. The summed E-state index contributed by atoms with van der Waals surface area (Å²) in [5, 5.41) is 7.43. The molecule has 0 radical (unpaired) electrons. The molecule has 0 aliphatic rings. The lowest BCUT2D eigenvalue weighted by molar-refractivity contribution is 0.461. The van der Waals surface area contributed by atoms with Crippen LogP contribution in [0.5, 0.6) is 0 Å². The second kappa shape index (κ2) is 9.70. The van der Waals surface area contributed by atoms with Gasteiger partial charge in [-0.15, -0.1) is 0 Å². The normalized spacial score (nSPS) is 12.7. The van der Waals surface area contributed by atoms with Crippen molar-refractivity contribution in [3.8, 4) is 0 Å². The van der Waals surface area contributed by atoms with Crippen LogP contribution in [0.1, 0.15) is 18.9 Å². The van der Waals surface area contributed by atoms with Gasteiger partial charge < -0.3 is 15.6 Å². The number of rotatable bonds is 9. The molecule has 27 heavy (non-hydrogen) atoms. The van der Waals surface area contributed by atoms with E-state index in [1.54, 1.807) is 27.1 Å². The number of H-pyrrole nitrogens is 1. The standard InChI is InChI=1S/C18H28FN5O2S/c1-4-27(25,26)24(3)11-5-9-21-18(20-2)22-10-8-14-13-23-17-12-15(19)6-7-16(14)17/h6-7,12-13,23H,4-5,8-11H2,1-3H3,(H2,20,21,22). The van der Waals surface area contributed by atoms with Crippen LogP contribution in [0.3, 0.4) is 0 Å². The molecule has 1 aromatic heterocycles. The lowest BCUT2D eigenvalue weighted by Gasteiger charge is -2.16. The summed E-state index contributed by atoms with van der Waals surface area (Å²) in [7, 11) is 0.157. The van der Waals surface area contributed by atoms with Gasteiger partial charge in [0.05, 0.1) is 5.75 Å². The highest BCUT2D eigenvalue weighted by Gasteiger charge is 2.14. The molecular weight excluding hydrogens is 369 g/mol. The third-order valence-electron chi connectivity index (χ3n) is 4.42. The SMILES string of the molecule is CCS(=O)(=O)N(C)CCCNC(=NC)NCCc1c[nH]c2cc(F)ccc12. The zero-order valence-corrected chi connectivity index (χ0v) is 16.9. The van der Waals surface area contributed by atoms with Crippen molar-refractivity contribution >= 4 is 26.9 Å². The first-order valence-corrected chi connectivity index (χ1v) is 10.6.